The Kier molecular flexibility index (Phi) is 4.94. The van der Waals surface area contributed by atoms with Crippen molar-refractivity contribution in [2.75, 3.05) is 7.11 Å². The van der Waals surface area contributed by atoms with Crippen LogP contribution in [-0.2, 0) is 6.42 Å². The average Bonchev–Trinajstić information content (AvgIpc) is 2.49. The first kappa shape index (κ1) is 15.5. The number of aryl methyl sites for hydroxylation is 1. The number of hydrogen-bond acceptors (Lipinski definition) is 3. The van der Waals surface area contributed by atoms with E-state index < -0.39 is 0 Å². The highest BCUT2D eigenvalue weighted by Crippen LogP contribution is 2.32. The molecule has 2 aromatic rings. The number of nitrogens with two attached hydrogens (primary N) is 1. The van der Waals surface area contributed by atoms with E-state index >= 15 is 0 Å². The monoisotopic (exact) mass is 288 g/mol. The molecule has 0 amide bonds. The van der Waals surface area contributed by atoms with Crippen LogP contribution in [0.1, 0.15) is 28.3 Å². The average molecular weight is 288 g/mol. The second-order valence-electron chi connectivity index (χ2n) is 5.14. The van der Waals surface area contributed by atoms with Crippen molar-refractivity contribution >= 4 is 0 Å². The summed E-state index contributed by atoms with van der Waals surface area (Å²) in [5, 5.41) is 0. The van der Waals surface area contributed by atoms with Gasteiger partial charge in [0.05, 0.1) is 13.2 Å². The quantitative estimate of drug-likeness (QED) is 0.656. The molecule has 1 atom stereocenters. The third-order valence-electron chi connectivity index (χ3n) is 3.87. The fourth-order valence-electron chi connectivity index (χ4n) is 2.50. The van der Waals surface area contributed by atoms with Crippen molar-refractivity contribution in [2.24, 2.45) is 5.84 Å². The number of halogens is 1. The Hall–Kier alpha value is -1.91. The van der Waals surface area contributed by atoms with E-state index in [1.54, 1.807) is 19.2 Å². The molecule has 0 radical (unpaired) electrons. The number of benzene rings is 2. The lowest BCUT2D eigenvalue weighted by molar-refractivity contribution is 0.395. The van der Waals surface area contributed by atoms with Crippen LogP contribution in [0.25, 0.3) is 0 Å². The smallest absolute Gasteiger partial charge is 0.126 e. The lowest BCUT2D eigenvalue weighted by Crippen LogP contribution is -2.30. The molecular weight excluding hydrogens is 267 g/mol. The molecule has 0 fully saturated rings. The van der Waals surface area contributed by atoms with Crippen molar-refractivity contribution in [2.45, 2.75) is 26.3 Å². The Morgan fingerprint density at radius 2 is 1.90 bits per heavy atom. The lowest BCUT2D eigenvalue weighted by atomic mass is 9.95. The SMILES string of the molecule is COc1c(C(Cc2ccccc2F)NN)ccc(C)c1C. The molecule has 4 heteroatoms. The van der Waals surface area contributed by atoms with E-state index in [-0.39, 0.29) is 11.9 Å². The van der Waals surface area contributed by atoms with Gasteiger partial charge in [-0.15, -0.1) is 0 Å². The van der Waals surface area contributed by atoms with Gasteiger partial charge in [0.1, 0.15) is 11.6 Å². The molecule has 3 nitrogen and oxygen atoms in total. The van der Waals surface area contributed by atoms with E-state index in [0.717, 1.165) is 22.4 Å². The molecule has 0 heterocycles. The van der Waals surface area contributed by atoms with Crippen LogP contribution in [0.4, 0.5) is 4.39 Å². The maximum atomic E-state index is 13.8. The van der Waals surface area contributed by atoms with Gasteiger partial charge < -0.3 is 4.74 Å². The van der Waals surface area contributed by atoms with Crippen LogP contribution in [0.15, 0.2) is 36.4 Å². The van der Waals surface area contributed by atoms with E-state index in [0.29, 0.717) is 12.0 Å². The standard InChI is InChI=1S/C17H21FN2O/c1-11-8-9-14(17(21-3)12(11)2)16(20-19)10-13-6-4-5-7-15(13)18/h4-9,16,20H,10,19H2,1-3H3. The maximum absolute atomic E-state index is 13.8. The molecule has 21 heavy (non-hydrogen) atoms. The van der Waals surface area contributed by atoms with Gasteiger partial charge >= 0.3 is 0 Å². The zero-order valence-electron chi connectivity index (χ0n) is 12.6. The van der Waals surface area contributed by atoms with Gasteiger partial charge in [-0.25, -0.2) is 4.39 Å². The van der Waals surface area contributed by atoms with Gasteiger partial charge in [-0.1, -0.05) is 30.3 Å². The first-order valence-corrected chi connectivity index (χ1v) is 6.92. The highest BCUT2D eigenvalue weighted by molar-refractivity contribution is 5.47. The fraction of sp³-hybridized carbons (Fsp3) is 0.294. The van der Waals surface area contributed by atoms with Crippen molar-refractivity contribution in [1.82, 2.24) is 5.43 Å². The molecule has 0 saturated heterocycles. The molecule has 0 spiro atoms. The Bertz CT molecular complexity index is 628. The van der Waals surface area contributed by atoms with Gasteiger partial charge in [-0.05, 0) is 43.0 Å². The molecule has 0 saturated carbocycles. The van der Waals surface area contributed by atoms with Crippen molar-refractivity contribution in [3.8, 4) is 5.75 Å². The van der Waals surface area contributed by atoms with E-state index in [9.17, 15) is 4.39 Å². The molecule has 2 rings (SSSR count). The second kappa shape index (κ2) is 6.70. The summed E-state index contributed by atoms with van der Waals surface area (Å²) in [7, 11) is 1.64. The summed E-state index contributed by atoms with van der Waals surface area (Å²) >= 11 is 0. The summed E-state index contributed by atoms with van der Waals surface area (Å²) in [6.45, 7) is 4.04. The van der Waals surface area contributed by atoms with Gasteiger partial charge in [-0.2, -0.15) is 0 Å². The van der Waals surface area contributed by atoms with Crippen LogP contribution < -0.4 is 16.0 Å². The molecule has 0 aliphatic carbocycles. The molecular formula is C17H21FN2O. The first-order chi connectivity index (χ1) is 10.1. The molecule has 0 bridgehead atoms. The molecule has 112 valence electrons. The Morgan fingerprint density at radius 1 is 1.19 bits per heavy atom. The summed E-state index contributed by atoms with van der Waals surface area (Å²) in [5.41, 5.74) is 6.55. The predicted molar refractivity (Wildman–Crippen MR) is 82.6 cm³/mol. The number of methoxy groups -OCH3 is 1. The number of rotatable bonds is 5. The topological polar surface area (TPSA) is 47.3 Å². The summed E-state index contributed by atoms with van der Waals surface area (Å²) in [4.78, 5) is 0. The van der Waals surface area contributed by atoms with Gasteiger partial charge in [-0.3, -0.25) is 11.3 Å². The largest absolute Gasteiger partial charge is 0.496 e. The van der Waals surface area contributed by atoms with Crippen LogP contribution in [0.5, 0.6) is 5.75 Å². The minimum atomic E-state index is -0.222. The van der Waals surface area contributed by atoms with Crippen LogP contribution in [0, 0.1) is 19.7 Å². The molecule has 2 aromatic carbocycles. The predicted octanol–water partition coefficient (Wildman–Crippen LogP) is 3.20. The minimum Gasteiger partial charge on any atom is -0.496 e. The third-order valence-corrected chi connectivity index (χ3v) is 3.87. The van der Waals surface area contributed by atoms with E-state index in [1.165, 1.54) is 6.07 Å². The second-order valence-corrected chi connectivity index (χ2v) is 5.14. The van der Waals surface area contributed by atoms with Gasteiger partial charge in [0.25, 0.3) is 0 Å². The molecule has 0 aromatic heterocycles. The zero-order valence-corrected chi connectivity index (χ0v) is 12.6. The van der Waals surface area contributed by atoms with Crippen LogP contribution in [0.3, 0.4) is 0 Å². The van der Waals surface area contributed by atoms with Crippen LogP contribution in [-0.4, -0.2) is 7.11 Å². The zero-order chi connectivity index (χ0) is 15.4. The summed E-state index contributed by atoms with van der Waals surface area (Å²) in [5.74, 6) is 6.26. The van der Waals surface area contributed by atoms with Crippen molar-refractivity contribution in [3.63, 3.8) is 0 Å². The van der Waals surface area contributed by atoms with E-state index in [2.05, 4.69) is 5.43 Å². The van der Waals surface area contributed by atoms with Crippen molar-refractivity contribution in [3.05, 3.63) is 64.5 Å². The summed E-state index contributed by atoms with van der Waals surface area (Å²) in [6.07, 6.45) is 0.460. The number of hydrazine groups is 1. The minimum absolute atomic E-state index is 0.212. The Labute approximate surface area is 124 Å². The fourth-order valence-corrected chi connectivity index (χ4v) is 2.50. The highest BCUT2D eigenvalue weighted by Gasteiger charge is 2.19. The first-order valence-electron chi connectivity index (χ1n) is 6.92. The van der Waals surface area contributed by atoms with Gasteiger partial charge in [0.2, 0.25) is 0 Å². The van der Waals surface area contributed by atoms with Crippen LogP contribution >= 0.6 is 0 Å². The van der Waals surface area contributed by atoms with Crippen molar-refractivity contribution in [1.29, 1.82) is 0 Å². The lowest BCUT2D eigenvalue weighted by Gasteiger charge is -2.21. The van der Waals surface area contributed by atoms with Crippen LogP contribution in [0.2, 0.25) is 0 Å². The molecule has 0 aliphatic rings. The molecule has 0 aliphatic heterocycles. The maximum Gasteiger partial charge on any atom is 0.126 e. The number of nitrogens with one attached hydrogen (secondary N) is 1. The summed E-state index contributed by atoms with van der Waals surface area (Å²) < 4.78 is 19.3. The molecule has 3 N–H and O–H groups in total. The molecule has 1 unspecified atom stereocenters. The highest BCUT2D eigenvalue weighted by atomic mass is 19.1. The van der Waals surface area contributed by atoms with E-state index in [4.69, 9.17) is 10.6 Å². The normalized spacial score (nSPS) is 12.2. The third kappa shape index (κ3) is 3.23. The Balaban J connectivity index is 2.38. The number of hydrogen-bond donors (Lipinski definition) is 2. The van der Waals surface area contributed by atoms with E-state index in [1.807, 2.05) is 32.0 Å². The summed E-state index contributed by atoms with van der Waals surface area (Å²) in [6, 6.07) is 10.5. The Morgan fingerprint density at radius 3 is 2.52 bits per heavy atom. The number of ether oxygens (including phenoxy) is 1. The van der Waals surface area contributed by atoms with Gasteiger partial charge in [0.15, 0.2) is 0 Å². The van der Waals surface area contributed by atoms with Gasteiger partial charge in [0, 0.05) is 5.56 Å². The van der Waals surface area contributed by atoms with Crippen molar-refractivity contribution < 1.29 is 9.13 Å².